The second-order valence-corrected chi connectivity index (χ2v) is 8.46. The van der Waals surface area contributed by atoms with E-state index in [-0.39, 0.29) is 17.2 Å². The lowest BCUT2D eigenvalue weighted by Gasteiger charge is -2.19. The Hall–Kier alpha value is -2.79. The standard InChI is InChI=1S/C24H24N2O2S/c1-5-15(2)26-23(27)22(29-24(26)28)14-19-13-16(3)25(17(19)4)21-12-8-10-18-9-6-7-11-20(18)21/h6-15H,5H2,1-4H3/b22-14+/t15-/m0/s1. The number of carbonyl (C=O) groups excluding carboxylic acids is 2. The predicted octanol–water partition coefficient (Wildman–Crippen LogP) is 6.08. The van der Waals surface area contributed by atoms with Gasteiger partial charge >= 0.3 is 0 Å². The van der Waals surface area contributed by atoms with Gasteiger partial charge in [-0.1, -0.05) is 43.3 Å². The molecule has 148 valence electrons. The van der Waals surface area contributed by atoms with Gasteiger partial charge in [-0.3, -0.25) is 14.5 Å². The van der Waals surface area contributed by atoms with E-state index in [0.29, 0.717) is 4.91 Å². The maximum atomic E-state index is 12.8. The van der Waals surface area contributed by atoms with Crippen LogP contribution in [-0.4, -0.2) is 26.7 Å². The van der Waals surface area contributed by atoms with Crippen molar-refractivity contribution in [2.75, 3.05) is 0 Å². The van der Waals surface area contributed by atoms with Crippen molar-refractivity contribution < 1.29 is 9.59 Å². The molecule has 0 bridgehead atoms. The van der Waals surface area contributed by atoms with Gasteiger partial charge < -0.3 is 4.57 Å². The van der Waals surface area contributed by atoms with E-state index < -0.39 is 0 Å². The summed E-state index contributed by atoms with van der Waals surface area (Å²) in [7, 11) is 0. The van der Waals surface area contributed by atoms with Gasteiger partial charge in [-0.25, -0.2) is 0 Å². The molecule has 0 N–H and O–H groups in total. The summed E-state index contributed by atoms with van der Waals surface area (Å²) in [5.41, 5.74) is 4.22. The van der Waals surface area contributed by atoms with Gasteiger partial charge in [0, 0.05) is 22.8 Å². The average molecular weight is 405 g/mol. The summed E-state index contributed by atoms with van der Waals surface area (Å²) < 4.78 is 2.22. The molecular formula is C24H24N2O2S. The zero-order chi connectivity index (χ0) is 20.7. The predicted molar refractivity (Wildman–Crippen MR) is 120 cm³/mol. The van der Waals surface area contributed by atoms with E-state index in [9.17, 15) is 9.59 Å². The van der Waals surface area contributed by atoms with E-state index in [1.54, 1.807) is 0 Å². The van der Waals surface area contributed by atoms with Crippen molar-refractivity contribution in [3.63, 3.8) is 0 Å². The topological polar surface area (TPSA) is 42.3 Å². The van der Waals surface area contributed by atoms with Crippen molar-refractivity contribution in [1.29, 1.82) is 0 Å². The molecule has 1 fully saturated rings. The molecule has 3 aromatic rings. The fourth-order valence-corrected chi connectivity index (χ4v) is 4.81. The fraction of sp³-hybridized carbons (Fsp3) is 0.250. The molecule has 0 unspecified atom stereocenters. The van der Waals surface area contributed by atoms with Crippen LogP contribution in [0.15, 0.2) is 53.4 Å². The summed E-state index contributed by atoms with van der Waals surface area (Å²) in [6.45, 7) is 8.01. The first-order valence-corrected chi connectivity index (χ1v) is 10.7. The summed E-state index contributed by atoms with van der Waals surface area (Å²) in [5.74, 6) is -0.190. The van der Waals surface area contributed by atoms with Gasteiger partial charge in [0.05, 0.1) is 10.6 Å². The van der Waals surface area contributed by atoms with Crippen LogP contribution in [0.25, 0.3) is 22.5 Å². The molecule has 2 aromatic carbocycles. The van der Waals surface area contributed by atoms with Crippen LogP contribution in [-0.2, 0) is 4.79 Å². The molecule has 1 saturated heterocycles. The number of amides is 2. The maximum absolute atomic E-state index is 12.8. The highest BCUT2D eigenvalue weighted by Crippen LogP contribution is 2.35. The van der Waals surface area contributed by atoms with Gasteiger partial charge in [0.25, 0.3) is 11.1 Å². The van der Waals surface area contributed by atoms with Crippen molar-refractivity contribution >= 4 is 39.8 Å². The molecule has 29 heavy (non-hydrogen) atoms. The second-order valence-electron chi connectivity index (χ2n) is 7.47. The summed E-state index contributed by atoms with van der Waals surface area (Å²) in [5, 5.41) is 2.19. The quantitative estimate of drug-likeness (QED) is 0.495. The number of hydrogen-bond acceptors (Lipinski definition) is 3. The van der Waals surface area contributed by atoms with Crippen molar-refractivity contribution in [3.8, 4) is 5.69 Å². The summed E-state index contributed by atoms with van der Waals surface area (Å²) in [6.07, 6.45) is 2.61. The number of rotatable bonds is 4. The molecule has 1 aromatic heterocycles. The van der Waals surface area contributed by atoms with Crippen molar-refractivity contribution in [1.82, 2.24) is 9.47 Å². The normalized spacial score (nSPS) is 17.0. The van der Waals surface area contributed by atoms with Crippen LogP contribution in [0.5, 0.6) is 0 Å². The molecule has 1 atom stereocenters. The monoisotopic (exact) mass is 404 g/mol. The van der Waals surface area contributed by atoms with E-state index in [1.165, 1.54) is 15.7 Å². The Kier molecular flexibility index (Phi) is 5.09. The molecule has 2 heterocycles. The van der Waals surface area contributed by atoms with Crippen LogP contribution >= 0.6 is 11.8 Å². The van der Waals surface area contributed by atoms with Gasteiger partial charge in [0.15, 0.2) is 0 Å². The highest BCUT2D eigenvalue weighted by Gasteiger charge is 2.37. The lowest BCUT2D eigenvalue weighted by Crippen LogP contribution is -2.36. The van der Waals surface area contributed by atoms with E-state index in [4.69, 9.17) is 0 Å². The third-order valence-electron chi connectivity index (χ3n) is 5.62. The molecule has 2 amide bonds. The lowest BCUT2D eigenvalue weighted by atomic mass is 10.1. The van der Waals surface area contributed by atoms with E-state index >= 15 is 0 Å². The third kappa shape index (κ3) is 3.29. The molecule has 4 rings (SSSR count). The molecule has 4 nitrogen and oxygen atoms in total. The number of carbonyl (C=O) groups is 2. The molecule has 0 spiro atoms. The van der Waals surface area contributed by atoms with Crippen molar-refractivity contribution in [2.24, 2.45) is 0 Å². The number of imide groups is 1. The van der Waals surface area contributed by atoms with Crippen LogP contribution in [0, 0.1) is 13.8 Å². The van der Waals surface area contributed by atoms with Gasteiger partial charge in [0.2, 0.25) is 0 Å². The Morgan fingerprint density at radius 1 is 1.07 bits per heavy atom. The Bertz CT molecular complexity index is 1150. The average Bonchev–Trinajstić information content (AvgIpc) is 3.15. The number of benzene rings is 2. The summed E-state index contributed by atoms with van der Waals surface area (Å²) in [4.78, 5) is 27.0. The Labute approximate surface area is 175 Å². The van der Waals surface area contributed by atoms with Crippen molar-refractivity contribution in [3.05, 3.63) is 70.4 Å². The summed E-state index contributed by atoms with van der Waals surface area (Å²) >= 11 is 1.03. The highest BCUT2D eigenvalue weighted by molar-refractivity contribution is 8.18. The number of aryl methyl sites for hydroxylation is 1. The fourth-order valence-electron chi connectivity index (χ4n) is 3.89. The smallest absolute Gasteiger partial charge is 0.293 e. The number of fused-ring (bicyclic) bond motifs is 1. The Morgan fingerprint density at radius 3 is 2.55 bits per heavy atom. The number of thioether (sulfide) groups is 1. The minimum absolute atomic E-state index is 0.0866. The lowest BCUT2D eigenvalue weighted by molar-refractivity contribution is -0.124. The van der Waals surface area contributed by atoms with Crippen LogP contribution in [0.3, 0.4) is 0 Å². The van der Waals surface area contributed by atoms with Gasteiger partial charge in [-0.05, 0) is 68.1 Å². The van der Waals surface area contributed by atoms with Gasteiger partial charge in [-0.2, -0.15) is 0 Å². The first-order chi connectivity index (χ1) is 13.9. The van der Waals surface area contributed by atoms with Gasteiger partial charge in [-0.15, -0.1) is 0 Å². The second kappa shape index (κ2) is 7.56. The van der Waals surface area contributed by atoms with Crippen LogP contribution in [0.4, 0.5) is 4.79 Å². The number of aromatic nitrogens is 1. The number of hydrogen-bond donors (Lipinski definition) is 0. The SMILES string of the molecule is CC[C@H](C)N1C(=O)S/C(=C/c2cc(C)n(-c3cccc4ccccc34)c2C)C1=O. The zero-order valence-corrected chi connectivity index (χ0v) is 17.9. The molecule has 0 saturated carbocycles. The zero-order valence-electron chi connectivity index (χ0n) is 17.1. The molecule has 0 aliphatic carbocycles. The molecule has 5 heteroatoms. The summed E-state index contributed by atoms with van der Waals surface area (Å²) in [6, 6.07) is 16.6. The van der Waals surface area contributed by atoms with Crippen LogP contribution in [0.2, 0.25) is 0 Å². The number of nitrogens with zero attached hydrogens (tertiary/aromatic N) is 2. The molecule has 0 radical (unpaired) electrons. The minimum atomic E-state index is -0.190. The van der Waals surface area contributed by atoms with E-state index in [0.717, 1.165) is 40.8 Å². The van der Waals surface area contributed by atoms with E-state index in [2.05, 4.69) is 54.8 Å². The first-order valence-electron chi connectivity index (χ1n) is 9.86. The molecule has 1 aliphatic heterocycles. The van der Waals surface area contributed by atoms with Gasteiger partial charge in [0.1, 0.15) is 0 Å². The molecular weight excluding hydrogens is 380 g/mol. The van der Waals surface area contributed by atoms with Crippen LogP contribution in [0.1, 0.15) is 37.2 Å². The highest BCUT2D eigenvalue weighted by atomic mass is 32.2. The minimum Gasteiger partial charge on any atom is -0.317 e. The maximum Gasteiger partial charge on any atom is 0.293 e. The first kappa shape index (κ1) is 19.5. The molecule has 1 aliphatic rings. The van der Waals surface area contributed by atoms with E-state index in [1.807, 2.05) is 32.1 Å². The van der Waals surface area contributed by atoms with Crippen molar-refractivity contribution in [2.45, 2.75) is 40.2 Å². The largest absolute Gasteiger partial charge is 0.317 e. The third-order valence-corrected chi connectivity index (χ3v) is 6.50. The Morgan fingerprint density at radius 2 is 1.79 bits per heavy atom. The Balaban J connectivity index is 1.78. The van der Waals surface area contributed by atoms with Crippen LogP contribution < -0.4 is 0 Å².